The van der Waals surface area contributed by atoms with E-state index in [1.165, 1.54) is 0 Å². The molecule has 1 amide bonds. The minimum atomic E-state index is -3.24. The minimum Gasteiger partial charge on any atom is -0.390 e. The van der Waals surface area contributed by atoms with E-state index in [0.29, 0.717) is 0 Å². The zero-order valence-corrected chi connectivity index (χ0v) is 9.01. The Morgan fingerprint density at radius 2 is 2.06 bits per heavy atom. The highest BCUT2D eigenvalue weighted by molar-refractivity contribution is 5.78. The van der Waals surface area contributed by atoms with Gasteiger partial charge in [0.2, 0.25) is 5.91 Å². The van der Waals surface area contributed by atoms with Gasteiger partial charge in [-0.3, -0.25) is 9.69 Å². The minimum absolute atomic E-state index is 0.128. The standard InChI is InChI=1S/C9H17F2N3O2/c10-9(11,7-15)6-13-8(16)5-14-3-1-12-2-4-14/h12,15H,1-7H2,(H,13,16). The molecule has 0 unspecified atom stereocenters. The molecule has 1 heterocycles. The number of alkyl halides is 2. The average molecular weight is 237 g/mol. The van der Waals surface area contributed by atoms with Crippen LogP contribution >= 0.6 is 0 Å². The summed E-state index contributed by atoms with van der Waals surface area (Å²) in [6.07, 6.45) is 0. The summed E-state index contributed by atoms with van der Waals surface area (Å²) in [6, 6.07) is 0. The molecular formula is C9H17F2N3O2. The first-order chi connectivity index (χ1) is 7.53. The van der Waals surface area contributed by atoms with Gasteiger partial charge in [-0.15, -0.1) is 0 Å². The van der Waals surface area contributed by atoms with Gasteiger partial charge in [0.05, 0.1) is 13.1 Å². The highest BCUT2D eigenvalue weighted by atomic mass is 19.3. The van der Waals surface area contributed by atoms with Crippen molar-refractivity contribution in [1.29, 1.82) is 0 Å². The molecule has 3 N–H and O–H groups in total. The number of aliphatic hydroxyl groups excluding tert-OH is 1. The fraction of sp³-hybridized carbons (Fsp3) is 0.889. The van der Waals surface area contributed by atoms with Crippen molar-refractivity contribution in [3.63, 3.8) is 0 Å². The van der Waals surface area contributed by atoms with Crippen molar-refractivity contribution in [3.8, 4) is 0 Å². The van der Waals surface area contributed by atoms with Crippen LogP contribution in [0.15, 0.2) is 0 Å². The van der Waals surface area contributed by atoms with Gasteiger partial charge in [0.1, 0.15) is 6.61 Å². The fourth-order valence-corrected chi connectivity index (χ4v) is 1.41. The van der Waals surface area contributed by atoms with Crippen LogP contribution in [0.2, 0.25) is 0 Å². The van der Waals surface area contributed by atoms with Crippen molar-refractivity contribution in [2.24, 2.45) is 0 Å². The monoisotopic (exact) mass is 237 g/mol. The van der Waals surface area contributed by atoms with Crippen molar-refractivity contribution in [2.45, 2.75) is 5.92 Å². The second-order valence-corrected chi connectivity index (χ2v) is 3.82. The van der Waals surface area contributed by atoms with Crippen LogP contribution in [0.3, 0.4) is 0 Å². The summed E-state index contributed by atoms with van der Waals surface area (Å²) >= 11 is 0. The Kier molecular flexibility index (Phi) is 5.04. The Morgan fingerprint density at radius 1 is 1.44 bits per heavy atom. The molecule has 1 fully saturated rings. The van der Waals surface area contributed by atoms with Gasteiger partial charge in [-0.1, -0.05) is 0 Å². The van der Waals surface area contributed by atoms with E-state index in [1.54, 1.807) is 0 Å². The summed E-state index contributed by atoms with van der Waals surface area (Å²) in [6.45, 7) is 1.16. The lowest BCUT2D eigenvalue weighted by Crippen LogP contribution is -2.49. The molecule has 94 valence electrons. The molecule has 1 saturated heterocycles. The molecule has 0 aromatic heterocycles. The molecule has 5 nitrogen and oxygen atoms in total. The number of rotatable bonds is 5. The SMILES string of the molecule is O=C(CN1CCNCC1)NCC(F)(F)CO. The van der Waals surface area contributed by atoms with Crippen LogP contribution in [0, 0.1) is 0 Å². The normalized spacial score (nSPS) is 18.4. The van der Waals surface area contributed by atoms with Crippen LogP contribution in [-0.2, 0) is 4.79 Å². The van der Waals surface area contributed by atoms with Gasteiger partial charge in [-0.2, -0.15) is 0 Å². The van der Waals surface area contributed by atoms with Gasteiger partial charge in [0.15, 0.2) is 0 Å². The Labute approximate surface area is 92.8 Å². The number of nitrogens with one attached hydrogen (secondary N) is 2. The lowest BCUT2D eigenvalue weighted by atomic mass is 10.3. The number of aliphatic hydroxyl groups is 1. The number of hydrogen-bond donors (Lipinski definition) is 3. The van der Waals surface area contributed by atoms with E-state index < -0.39 is 25.0 Å². The molecule has 16 heavy (non-hydrogen) atoms. The van der Waals surface area contributed by atoms with Gasteiger partial charge in [-0.05, 0) is 0 Å². The largest absolute Gasteiger partial charge is 0.390 e. The lowest BCUT2D eigenvalue weighted by Gasteiger charge is -2.26. The van der Waals surface area contributed by atoms with Crippen molar-refractivity contribution >= 4 is 5.91 Å². The fourth-order valence-electron chi connectivity index (χ4n) is 1.41. The zero-order valence-electron chi connectivity index (χ0n) is 9.01. The summed E-state index contributed by atoms with van der Waals surface area (Å²) in [4.78, 5) is 13.2. The van der Waals surface area contributed by atoms with Crippen LogP contribution in [0.4, 0.5) is 8.78 Å². The van der Waals surface area contributed by atoms with Crippen molar-refractivity contribution in [3.05, 3.63) is 0 Å². The van der Waals surface area contributed by atoms with E-state index in [1.807, 2.05) is 4.90 Å². The third kappa shape index (κ3) is 4.82. The van der Waals surface area contributed by atoms with E-state index in [2.05, 4.69) is 10.6 Å². The molecule has 7 heteroatoms. The van der Waals surface area contributed by atoms with Crippen LogP contribution < -0.4 is 10.6 Å². The average Bonchev–Trinajstić information content (AvgIpc) is 2.28. The number of amides is 1. The van der Waals surface area contributed by atoms with Crippen molar-refractivity contribution < 1.29 is 18.7 Å². The van der Waals surface area contributed by atoms with Gasteiger partial charge in [0, 0.05) is 26.2 Å². The smallest absolute Gasteiger partial charge is 0.287 e. The molecule has 0 spiro atoms. The summed E-state index contributed by atoms with van der Waals surface area (Å²) in [5.41, 5.74) is 0. The number of nitrogens with zero attached hydrogens (tertiary/aromatic N) is 1. The maximum Gasteiger partial charge on any atom is 0.287 e. The lowest BCUT2D eigenvalue weighted by molar-refractivity contribution is -0.125. The quantitative estimate of drug-likeness (QED) is 0.552. The summed E-state index contributed by atoms with van der Waals surface area (Å²) in [5.74, 6) is -3.67. The molecule has 1 aliphatic heterocycles. The van der Waals surface area contributed by atoms with Gasteiger partial charge in [0.25, 0.3) is 5.92 Å². The molecule has 0 aromatic rings. The van der Waals surface area contributed by atoms with E-state index in [0.717, 1.165) is 26.2 Å². The predicted molar refractivity (Wildman–Crippen MR) is 54.4 cm³/mol. The van der Waals surface area contributed by atoms with Gasteiger partial charge in [-0.25, -0.2) is 8.78 Å². The first-order valence-electron chi connectivity index (χ1n) is 5.22. The topological polar surface area (TPSA) is 64.6 Å². The van der Waals surface area contributed by atoms with Crippen molar-refractivity contribution in [1.82, 2.24) is 15.5 Å². The maximum absolute atomic E-state index is 12.6. The molecular weight excluding hydrogens is 220 g/mol. The number of piperazine rings is 1. The van der Waals surface area contributed by atoms with E-state index in [4.69, 9.17) is 5.11 Å². The number of halogens is 2. The highest BCUT2D eigenvalue weighted by Crippen LogP contribution is 2.09. The highest BCUT2D eigenvalue weighted by Gasteiger charge is 2.28. The van der Waals surface area contributed by atoms with E-state index in [-0.39, 0.29) is 6.54 Å². The maximum atomic E-state index is 12.6. The van der Waals surface area contributed by atoms with Crippen molar-refractivity contribution in [2.75, 3.05) is 45.9 Å². The zero-order chi connectivity index (χ0) is 12.0. The first-order valence-corrected chi connectivity index (χ1v) is 5.22. The molecule has 1 aliphatic rings. The second-order valence-electron chi connectivity index (χ2n) is 3.82. The first kappa shape index (κ1) is 13.3. The third-order valence-electron chi connectivity index (χ3n) is 2.35. The molecule has 1 rings (SSSR count). The second kappa shape index (κ2) is 6.07. The summed E-state index contributed by atoms with van der Waals surface area (Å²) < 4.78 is 25.2. The molecule has 0 radical (unpaired) electrons. The van der Waals surface area contributed by atoms with Crippen LogP contribution in [-0.4, -0.2) is 67.7 Å². The third-order valence-corrected chi connectivity index (χ3v) is 2.35. The van der Waals surface area contributed by atoms with Gasteiger partial charge < -0.3 is 15.7 Å². The molecule has 0 aliphatic carbocycles. The number of carbonyl (C=O) groups is 1. The Hall–Kier alpha value is -0.790. The number of carbonyl (C=O) groups excluding carboxylic acids is 1. The predicted octanol–water partition coefficient (Wildman–Crippen LogP) is -1.36. The molecule has 0 aromatic carbocycles. The number of hydrogen-bond acceptors (Lipinski definition) is 4. The Bertz CT molecular complexity index is 233. The van der Waals surface area contributed by atoms with Gasteiger partial charge >= 0.3 is 0 Å². The van der Waals surface area contributed by atoms with Crippen LogP contribution in [0.25, 0.3) is 0 Å². The molecule has 0 atom stereocenters. The summed E-state index contributed by atoms with van der Waals surface area (Å²) in [5, 5.41) is 13.5. The molecule has 0 bridgehead atoms. The Balaban J connectivity index is 2.19. The van der Waals surface area contributed by atoms with E-state index in [9.17, 15) is 13.6 Å². The van der Waals surface area contributed by atoms with Crippen LogP contribution in [0.5, 0.6) is 0 Å². The Morgan fingerprint density at radius 3 is 2.62 bits per heavy atom. The van der Waals surface area contributed by atoms with E-state index >= 15 is 0 Å². The van der Waals surface area contributed by atoms with Crippen LogP contribution in [0.1, 0.15) is 0 Å². The molecule has 0 saturated carbocycles. The summed E-state index contributed by atoms with van der Waals surface area (Å²) in [7, 11) is 0.